The van der Waals surface area contributed by atoms with Crippen molar-refractivity contribution >= 4 is 55.5 Å². The Hall–Kier alpha value is -3.69. The third-order valence-electron chi connectivity index (χ3n) is 6.81. The quantitative estimate of drug-likeness (QED) is 0.163. The highest BCUT2D eigenvalue weighted by Crippen LogP contribution is 2.46. The first-order chi connectivity index (χ1) is 18.2. The van der Waals surface area contributed by atoms with Gasteiger partial charge in [0.25, 0.3) is 5.78 Å². The van der Waals surface area contributed by atoms with E-state index in [-0.39, 0.29) is 17.3 Å². The van der Waals surface area contributed by atoms with Gasteiger partial charge in [-0.2, -0.15) is 0 Å². The van der Waals surface area contributed by atoms with E-state index in [1.165, 1.54) is 27.6 Å². The van der Waals surface area contributed by atoms with Crippen molar-refractivity contribution in [1.29, 1.82) is 0 Å². The molecule has 4 aromatic rings. The minimum absolute atomic E-state index is 0.0495. The molecule has 1 atom stereocenters. The summed E-state index contributed by atoms with van der Waals surface area (Å²) in [7, 11) is 3.22. The second-order valence-corrected chi connectivity index (χ2v) is 11.5. The van der Waals surface area contributed by atoms with Crippen molar-refractivity contribution in [2.45, 2.75) is 39.7 Å². The van der Waals surface area contributed by atoms with Crippen molar-refractivity contribution in [1.82, 2.24) is 4.98 Å². The van der Waals surface area contributed by atoms with Gasteiger partial charge in [0, 0.05) is 10.4 Å². The van der Waals surface area contributed by atoms with E-state index in [0.29, 0.717) is 22.0 Å². The monoisotopic (exact) mass is 548 g/mol. The van der Waals surface area contributed by atoms with Crippen LogP contribution in [0.15, 0.2) is 47.4 Å². The second-order valence-electron chi connectivity index (χ2n) is 9.53. The number of thiophene rings is 1. The predicted octanol–water partition coefficient (Wildman–Crippen LogP) is 6.74. The number of methoxy groups -OCH3 is 2. The number of hydrogen-bond donors (Lipinski definition) is 1. The molecule has 38 heavy (non-hydrogen) atoms. The Morgan fingerprint density at radius 2 is 1.79 bits per heavy atom. The van der Waals surface area contributed by atoms with Crippen LogP contribution in [0.2, 0.25) is 0 Å². The number of thiazole rings is 1. The van der Waals surface area contributed by atoms with Gasteiger partial charge in [0.05, 0.1) is 30.0 Å². The molecule has 0 radical (unpaired) electrons. The Morgan fingerprint density at radius 3 is 2.42 bits per heavy atom. The van der Waals surface area contributed by atoms with Crippen LogP contribution in [0, 0.1) is 13.8 Å². The molecule has 1 amide bonds. The molecular weight excluding hydrogens is 520 g/mol. The van der Waals surface area contributed by atoms with E-state index in [4.69, 9.17) is 14.5 Å². The number of nitrogens with zero attached hydrogens (tertiary/aromatic N) is 2. The van der Waals surface area contributed by atoms with Crippen LogP contribution in [0.25, 0.3) is 16.0 Å². The molecule has 196 valence electrons. The van der Waals surface area contributed by atoms with Crippen molar-refractivity contribution in [2.75, 3.05) is 19.1 Å². The lowest BCUT2D eigenvalue weighted by molar-refractivity contribution is -0.132. The van der Waals surface area contributed by atoms with Gasteiger partial charge in [-0.25, -0.2) is 4.98 Å². The molecule has 1 fully saturated rings. The fourth-order valence-corrected chi connectivity index (χ4v) is 6.67. The Labute approximate surface area is 229 Å². The van der Waals surface area contributed by atoms with Gasteiger partial charge in [-0.05, 0) is 72.2 Å². The first kappa shape index (κ1) is 25.9. The molecule has 3 heterocycles. The molecule has 1 N–H and O–H groups in total. The SMILES string of the molecule is COc1cc2sc(N3C(=O)C(=O)/C(=C(/O)c4cc(C(C)C)c(OC)cc4C)C3c3cccs3)nc2cc1C. The van der Waals surface area contributed by atoms with Gasteiger partial charge in [0.15, 0.2) is 5.13 Å². The number of hydrogen-bond acceptors (Lipinski definition) is 8. The molecule has 0 aliphatic carbocycles. The molecule has 2 aromatic carbocycles. The number of aromatic nitrogens is 1. The van der Waals surface area contributed by atoms with Gasteiger partial charge in [0.2, 0.25) is 0 Å². The summed E-state index contributed by atoms with van der Waals surface area (Å²) in [5.74, 6) is -0.107. The molecule has 0 spiro atoms. The highest BCUT2D eigenvalue weighted by molar-refractivity contribution is 7.22. The lowest BCUT2D eigenvalue weighted by Crippen LogP contribution is -2.28. The van der Waals surface area contributed by atoms with E-state index < -0.39 is 17.7 Å². The summed E-state index contributed by atoms with van der Waals surface area (Å²) in [5.41, 5.74) is 3.82. The Kier molecular flexibility index (Phi) is 6.75. The maximum atomic E-state index is 13.6. The van der Waals surface area contributed by atoms with Crippen LogP contribution < -0.4 is 14.4 Å². The number of carbonyl (C=O) groups is 2. The average Bonchev–Trinajstić information content (AvgIpc) is 3.61. The van der Waals surface area contributed by atoms with Crippen molar-refractivity contribution in [2.24, 2.45) is 0 Å². The van der Waals surface area contributed by atoms with Crippen LogP contribution in [0.5, 0.6) is 11.5 Å². The summed E-state index contributed by atoms with van der Waals surface area (Å²) < 4.78 is 11.8. The normalized spacial score (nSPS) is 17.1. The van der Waals surface area contributed by atoms with Gasteiger partial charge in [-0.1, -0.05) is 31.3 Å². The number of ketones is 1. The van der Waals surface area contributed by atoms with Crippen LogP contribution in [0.3, 0.4) is 0 Å². The minimum Gasteiger partial charge on any atom is -0.507 e. The Bertz CT molecular complexity index is 1600. The third-order valence-corrected chi connectivity index (χ3v) is 8.75. The van der Waals surface area contributed by atoms with Crippen molar-refractivity contribution in [3.05, 3.63) is 74.5 Å². The van der Waals surface area contributed by atoms with Gasteiger partial charge < -0.3 is 14.6 Å². The van der Waals surface area contributed by atoms with Crippen molar-refractivity contribution in [3.63, 3.8) is 0 Å². The van der Waals surface area contributed by atoms with Crippen LogP contribution in [0.4, 0.5) is 5.13 Å². The molecular formula is C29H28N2O5S2. The zero-order chi connectivity index (χ0) is 27.3. The first-order valence-corrected chi connectivity index (χ1v) is 13.8. The predicted molar refractivity (Wildman–Crippen MR) is 152 cm³/mol. The second kappa shape index (κ2) is 9.89. The van der Waals surface area contributed by atoms with Crippen LogP contribution in [-0.2, 0) is 9.59 Å². The number of benzene rings is 2. The van der Waals surface area contributed by atoms with Gasteiger partial charge in [-0.15, -0.1) is 11.3 Å². The first-order valence-electron chi connectivity index (χ1n) is 12.1. The summed E-state index contributed by atoms with van der Waals surface area (Å²) >= 11 is 2.73. The molecule has 0 saturated carbocycles. The minimum atomic E-state index is -0.803. The number of carbonyl (C=O) groups excluding carboxylic acids is 2. The maximum Gasteiger partial charge on any atom is 0.301 e. The standard InChI is InChI=1S/C29H28N2O5S2/c1-14(2)17-12-18(15(3)11-21(17)36-6)26(32)24-25(22-8-7-9-37-22)31(28(34)27(24)33)29-30-19-10-16(4)20(35-5)13-23(19)38-29/h7-14,25,32H,1-6H3/b26-24+. The molecule has 1 saturated heterocycles. The fraction of sp³-hybridized carbons (Fsp3) is 0.276. The summed E-state index contributed by atoms with van der Waals surface area (Å²) in [4.78, 5) is 34.0. The zero-order valence-corrected chi connectivity index (χ0v) is 23.6. The number of amides is 1. The number of rotatable bonds is 6. The van der Waals surface area contributed by atoms with E-state index in [2.05, 4.69) is 0 Å². The van der Waals surface area contributed by atoms with Gasteiger partial charge >= 0.3 is 5.91 Å². The average molecular weight is 549 g/mol. The Balaban J connectivity index is 1.72. The Morgan fingerprint density at radius 1 is 1.05 bits per heavy atom. The van der Waals surface area contributed by atoms with E-state index >= 15 is 0 Å². The smallest absolute Gasteiger partial charge is 0.301 e. The molecule has 9 heteroatoms. The van der Waals surface area contributed by atoms with Crippen LogP contribution >= 0.6 is 22.7 Å². The van der Waals surface area contributed by atoms with E-state index in [9.17, 15) is 14.7 Å². The van der Waals surface area contributed by atoms with Crippen LogP contribution in [-0.4, -0.2) is 36.0 Å². The molecule has 1 unspecified atom stereocenters. The number of ether oxygens (including phenoxy) is 2. The number of aliphatic hydroxyl groups excluding tert-OH is 1. The number of aryl methyl sites for hydroxylation is 2. The highest BCUT2D eigenvalue weighted by Gasteiger charge is 2.48. The number of Topliss-reactive ketones (excluding diaryl/α,β-unsaturated/α-hetero) is 1. The topological polar surface area (TPSA) is 89.0 Å². The largest absolute Gasteiger partial charge is 0.507 e. The van der Waals surface area contributed by atoms with Crippen molar-refractivity contribution < 1.29 is 24.2 Å². The third kappa shape index (κ3) is 4.16. The highest BCUT2D eigenvalue weighted by atomic mass is 32.1. The maximum absolute atomic E-state index is 13.6. The summed E-state index contributed by atoms with van der Waals surface area (Å²) in [5, 5.41) is 13.9. The van der Waals surface area contributed by atoms with E-state index in [0.717, 1.165) is 32.0 Å². The molecule has 0 bridgehead atoms. The van der Waals surface area contributed by atoms with E-state index in [1.54, 1.807) is 14.2 Å². The molecule has 7 nitrogen and oxygen atoms in total. The molecule has 5 rings (SSSR count). The number of anilines is 1. The van der Waals surface area contributed by atoms with Crippen LogP contribution in [0.1, 0.15) is 52.9 Å². The molecule has 1 aliphatic rings. The van der Waals surface area contributed by atoms with Gasteiger partial charge in [0.1, 0.15) is 23.3 Å². The summed E-state index contributed by atoms with van der Waals surface area (Å²) in [6.45, 7) is 7.84. The van der Waals surface area contributed by atoms with Gasteiger partial charge in [-0.3, -0.25) is 14.5 Å². The lowest BCUT2D eigenvalue weighted by atomic mass is 9.92. The molecule has 1 aliphatic heterocycles. The number of aliphatic hydroxyl groups is 1. The van der Waals surface area contributed by atoms with Crippen molar-refractivity contribution in [3.8, 4) is 11.5 Å². The lowest BCUT2D eigenvalue weighted by Gasteiger charge is -2.22. The fourth-order valence-electron chi connectivity index (χ4n) is 4.84. The number of fused-ring (bicyclic) bond motifs is 1. The summed E-state index contributed by atoms with van der Waals surface area (Å²) in [6, 6.07) is 10.4. The van der Waals surface area contributed by atoms with E-state index in [1.807, 2.05) is 69.5 Å². The molecule has 2 aromatic heterocycles. The summed E-state index contributed by atoms with van der Waals surface area (Å²) in [6.07, 6.45) is 0. The zero-order valence-electron chi connectivity index (χ0n) is 22.0.